The van der Waals surface area contributed by atoms with E-state index in [0.717, 1.165) is 23.3 Å². The van der Waals surface area contributed by atoms with Gasteiger partial charge in [-0.2, -0.15) is 0 Å². The Hall–Kier alpha value is -2.03. The highest BCUT2D eigenvalue weighted by Gasteiger charge is 2.35. The summed E-state index contributed by atoms with van der Waals surface area (Å²) in [5.41, 5.74) is 1.51. The van der Waals surface area contributed by atoms with Crippen LogP contribution in [-0.2, 0) is 42.4 Å². The second-order valence-corrected chi connectivity index (χ2v) is 11.0. The molecule has 2 heterocycles. The highest BCUT2D eigenvalue weighted by Crippen LogP contribution is 2.26. The first-order valence-electron chi connectivity index (χ1n) is 9.30. The van der Waals surface area contributed by atoms with Crippen molar-refractivity contribution in [1.82, 2.24) is 0 Å². The van der Waals surface area contributed by atoms with Crippen LogP contribution in [0, 0.1) is 0 Å². The molecule has 0 aliphatic carbocycles. The van der Waals surface area contributed by atoms with E-state index in [0.29, 0.717) is 0 Å². The lowest BCUT2D eigenvalue weighted by Gasteiger charge is -2.10. The van der Waals surface area contributed by atoms with E-state index in [1.807, 2.05) is 0 Å². The average molecular weight is 482 g/mol. The normalized spacial score (nSPS) is 18.6. The van der Waals surface area contributed by atoms with Crippen LogP contribution < -0.4 is 0 Å². The molecule has 2 aliphatic rings. The Kier molecular flexibility index (Phi) is 7.57. The summed E-state index contributed by atoms with van der Waals surface area (Å²) in [5, 5.41) is 36.3. The largest absolute Gasteiger partial charge is 0.500 e. The van der Waals surface area contributed by atoms with Gasteiger partial charge in [-0.1, -0.05) is 24.3 Å². The second-order valence-electron chi connectivity index (χ2n) is 6.96. The van der Waals surface area contributed by atoms with Crippen molar-refractivity contribution < 1.29 is 46.4 Å². The second kappa shape index (κ2) is 9.85. The van der Waals surface area contributed by atoms with E-state index < -0.39 is 43.5 Å². The maximum atomic E-state index is 12.1. The Morgan fingerprint density at radius 2 is 0.938 bits per heavy atom. The summed E-state index contributed by atoms with van der Waals surface area (Å²) in [7, 11) is -12.0. The van der Waals surface area contributed by atoms with Crippen molar-refractivity contribution in [2.24, 2.45) is 0 Å². The molecule has 170 valence electrons. The lowest BCUT2D eigenvalue weighted by molar-refractivity contribution is 0.144. The van der Waals surface area contributed by atoms with Crippen LogP contribution in [0.4, 0.5) is 0 Å². The Morgan fingerprint density at radius 3 is 1.22 bits per heavy atom. The summed E-state index contributed by atoms with van der Waals surface area (Å²) in [6, 6.07) is 6.96. The van der Waals surface area contributed by atoms with Crippen molar-refractivity contribution in [2.75, 3.05) is 13.2 Å². The molecule has 1 aromatic rings. The number of rotatable bonds is 10. The van der Waals surface area contributed by atoms with Crippen molar-refractivity contribution in [3.05, 3.63) is 79.1 Å². The number of benzene rings is 1. The zero-order valence-corrected chi connectivity index (χ0v) is 18.3. The lowest BCUT2D eigenvalue weighted by Crippen LogP contribution is -2.22. The molecule has 0 aromatic heterocycles. The zero-order chi connectivity index (χ0) is 23.5. The van der Waals surface area contributed by atoms with E-state index in [2.05, 4.69) is 0 Å². The molecule has 0 amide bonds. The van der Waals surface area contributed by atoms with Crippen molar-refractivity contribution in [2.45, 2.75) is 13.2 Å². The van der Waals surface area contributed by atoms with Crippen molar-refractivity contribution >= 4 is 33.9 Å². The molecule has 0 radical (unpaired) electrons. The van der Waals surface area contributed by atoms with E-state index in [-0.39, 0.29) is 36.2 Å². The van der Waals surface area contributed by atoms with Gasteiger partial charge in [-0.15, -0.1) is 0 Å². The van der Waals surface area contributed by atoms with E-state index in [1.54, 1.807) is 24.3 Å². The predicted octanol–water partition coefficient (Wildman–Crippen LogP) is -0.864. The van der Waals surface area contributed by atoms with Gasteiger partial charge in [-0.25, -0.2) is 16.8 Å². The highest BCUT2D eigenvalue weighted by atomic mass is 32.2. The Morgan fingerprint density at radius 1 is 0.594 bits per heavy atom. The number of allylic oxidation sites excluding steroid dienone is 4. The predicted molar refractivity (Wildman–Crippen MR) is 116 cm³/mol. The van der Waals surface area contributed by atoms with E-state index >= 15 is 0 Å². The van der Waals surface area contributed by atoms with Gasteiger partial charge in [0.05, 0.1) is 45.8 Å². The molecule has 0 saturated carbocycles. The molecular weight excluding hydrogens is 462 g/mol. The molecule has 10 nitrogen and oxygen atoms in total. The van der Waals surface area contributed by atoms with Gasteiger partial charge in [0.2, 0.25) is 0 Å². The molecule has 32 heavy (non-hydrogen) atoms. The summed E-state index contributed by atoms with van der Waals surface area (Å²) in [5.74, 6) is 0. The maximum Gasteiger partial charge on any atom is 0.500 e. The standard InChI is InChI=1S/C18H20B2O10S2/c21-19(22)17-7-5-15(31(17,25)26)11-29-9-13-1-2-14(4-3-13)10-30-12-16-6-8-18(20(23)24)32(16,27)28/h1-8,21-24H,9-12H2. The molecule has 3 rings (SSSR count). The molecule has 1 aromatic carbocycles. The van der Waals surface area contributed by atoms with E-state index in [1.165, 1.54) is 12.2 Å². The van der Waals surface area contributed by atoms with Crippen molar-refractivity contribution in [3.63, 3.8) is 0 Å². The first-order valence-corrected chi connectivity index (χ1v) is 12.3. The van der Waals surface area contributed by atoms with Gasteiger partial charge in [0.15, 0.2) is 19.7 Å². The molecule has 4 N–H and O–H groups in total. The number of hydrogen-bond donors (Lipinski definition) is 4. The molecule has 0 unspecified atom stereocenters. The van der Waals surface area contributed by atoms with Crippen LogP contribution in [0.25, 0.3) is 0 Å². The van der Waals surface area contributed by atoms with Crippen LogP contribution in [0.3, 0.4) is 0 Å². The Labute approximate surface area is 185 Å². The smallest absolute Gasteiger partial charge is 0.423 e. The fourth-order valence-electron chi connectivity index (χ4n) is 2.98. The molecule has 0 bridgehead atoms. The number of hydrogen-bond acceptors (Lipinski definition) is 10. The first kappa shape index (κ1) is 24.6. The Balaban J connectivity index is 1.44. The van der Waals surface area contributed by atoms with Crippen LogP contribution in [-0.4, -0.2) is 64.4 Å². The van der Waals surface area contributed by atoms with Gasteiger partial charge in [0.1, 0.15) is 0 Å². The summed E-state index contributed by atoms with van der Waals surface area (Å²) >= 11 is 0. The van der Waals surface area contributed by atoms with Crippen LogP contribution in [0.2, 0.25) is 0 Å². The zero-order valence-electron chi connectivity index (χ0n) is 16.7. The average Bonchev–Trinajstić information content (AvgIpc) is 3.18. The molecular formula is C18H20B2O10S2. The van der Waals surface area contributed by atoms with Crippen molar-refractivity contribution in [3.8, 4) is 0 Å². The molecule has 14 heteroatoms. The molecule has 0 saturated heterocycles. The topological polar surface area (TPSA) is 168 Å². The molecule has 0 atom stereocenters. The summed E-state index contributed by atoms with van der Waals surface area (Å²) in [6.07, 6.45) is 4.79. The van der Waals surface area contributed by atoms with Gasteiger partial charge in [-0.3, -0.25) is 0 Å². The maximum absolute atomic E-state index is 12.1. The minimum Gasteiger partial charge on any atom is -0.423 e. The summed E-state index contributed by atoms with van der Waals surface area (Å²) < 4.78 is 59.2. The lowest BCUT2D eigenvalue weighted by atomic mass is 9.91. The fraction of sp³-hybridized carbons (Fsp3) is 0.222. The Bertz CT molecular complexity index is 1100. The van der Waals surface area contributed by atoms with Gasteiger partial charge >= 0.3 is 14.2 Å². The molecule has 2 aliphatic heterocycles. The monoisotopic (exact) mass is 482 g/mol. The van der Waals surface area contributed by atoms with E-state index in [4.69, 9.17) is 29.6 Å². The first-order chi connectivity index (χ1) is 15.0. The SMILES string of the molecule is O=S1(=O)C(COCc2ccc(COCC3=CC=C(B(O)O)S3(=O)=O)cc2)=CC=C1B(O)O. The van der Waals surface area contributed by atoms with Gasteiger partial charge in [-0.05, 0) is 35.4 Å². The highest BCUT2D eigenvalue weighted by molar-refractivity contribution is 8.01. The third-order valence-electron chi connectivity index (χ3n) is 4.74. The third-order valence-corrected chi connectivity index (χ3v) is 8.56. The van der Waals surface area contributed by atoms with Crippen LogP contribution >= 0.6 is 0 Å². The van der Waals surface area contributed by atoms with Gasteiger partial charge in [0.25, 0.3) is 0 Å². The van der Waals surface area contributed by atoms with Crippen molar-refractivity contribution in [1.29, 1.82) is 0 Å². The van der Waals surface area contributed by atoms with Gasteiger partial charge < -0.3 is 29.6 Å². The minimum atomic E-state index is -3.92. The molecule has 0 spiro atoms. The molecule has 0 fully saturated rings. The minimum absolute atomic E-state index is 0.0619. The fourth-order valence-corrected chi connectivity index (χ4v) is 5.61. The van der Waals surface area contributed by atoms with Crippen LogP contribution in [0.5, 0.6) is 0 Å². The third kappa shape index (κ3) is 5.30. The van der Waals surface area contributed by atoms with Gasteiger partial charge in [0, 0.05) is 0 Å². The quantitative estimate of drug-likeness (QED) is 0.308. The summed E-state index contributed by atoms with van der Waals surface area (Å²) in [6.45, 7) is -0.202. The summed E-state index contributed by atoms with van der Waals surface area (Å²) in [4.78, 5) is -1.09. The number of ether oxygens (including phenoxy) is 2. The van der Waals surface area contributed by atoms with E-state index in [9.17, 15) is 16.8 Å². The number of sulfone groups is 2. The van der Waals surface area contributed by atoms with Crippen LogP contribution in [0.1, 0.15) is 11.1 Å². The van der Waals surface area contributed by atoms with Crippen LogP contribution in [0.15, 0.2) is 68.0 Å².